The third-order valence-corrected chi connectivity index (χ3v) is 5.32. The van der Waals surface area contributed by atoms with Crippen molar-refractivity contribution in [2.24, 2.45) is 5.41 Å². The van der Waals surface area contributed by atoms with Gasteiger partial charge in [0.25, 0.3) is 10.1 Å². The van der Waals surface area contributed by atoms with Crippen molar-refractivity contribution in [2.75, 3.05) is 5.75 Å². The highest BCUT2D eigenvalue weighted by Gasteiger charge is 2.37. The molecule has 0 spiro atoms. The van der Waals surface area contributed by atoms with E-state index in [0.717, 1.165) is 5.41 Å². The fourth-order valence-corrected chi connectivity index (χ4v) is 3.48. The molecule has 0 bridgehead atoms. The van der Waals surface area contributed by atoms with Crippen LogP contribution in [0.2, 0.25) is 0 Å². The Kier molecular flexibility index (Phi) is 6.57. The Morgan fingerprint density at radius 2 is 1.70 bits per heavy atom. The summed E-state index contributed by atoms with van der Waals surface area (Å²) in [6.07, 6.45) is 0.318. The van der Waals surface area contributed by atoms with Crippen LogP contribution in [0.1, 0.15) is 40.0 Å². The highest BCUT2D eigenvalue weighted by molar-refractivity contribution is 7.94. The largest absolute Gasteiger partial charge is 0.298 e. The highest BCUT2D eigenvalue weighted by Crippen LogP contribution is 2.23. The number of hydrogen-bond acceptors (Lipinski definition) is 5. The summed E-state index contributed by atoms with van der Waals surface area (Å²) < 4.78 is 54.0. The molecule has 0 aliphatic carbocycles. The molecule has 0 aromatic heterocycles. The molecule has 0 aromatic carbocycles. The summed E-state index contributed by atoms with van der Waals surface area (Å²) in [5.74, 6) is -0.732. The number of hydrogen-bond donors (Lipinski definition) is 1. The number of unbranched alkanes of at least 4 members (excludes halogenated alkanes) is 1. The Bertz CT molecular complexity index is 551. The topological polar surface area (TPSA) is 106 Å². The van der Waals surface area contributed by atoms with E-state index in [4.69, 9.17) is 4.55 Å². The molecule has 0 saturated carbocycles. The van der Waals surface area contributed by atoms with Gasteiger partial charge in [0.05, 0.1) is 5.75 Å². The van der Waals surface area contributed by atoms with Crippen LogP contribution in [0, 0.1) is 5.41 Å². The van der Waals surface area contributed by atoms with Gasteiger partial charge in [-0.05, 0) is 12.8 Å². The molecule has 0 saturated heterocycles. The molecule has 0 rings (SSSR count). The first kappa shape index (κ1) is 19.3. The van der Waals surface area contributed by atoms with Gasteiger partial charge in [-0.15, -0.1) is 0 Å². The second-order valence-electron chi connectivity index (χ2n) is 5.65. The molecule has 118 valence electrons. The molecule has 8 heteroatoms. The van der Waals surface area contributed by atoms with Crippen molar-refractivity contribution in [3.63, 3.8) is 0 Å². The summed E-state index contributed by atoms with van der Waals surface area (Å²) in [5.41, 5.74) is -0.895. The number of sulfone groups is 1. The smallest absolute Gasteiger partial charge is 0.275 e. The van der Waals surface area contributed by atoms with Crippen molar-refractivity contribution < 1.29 is 26.2 Å². The lowest BCUT2D eigenvalue weighted by atomic mass is 9.87. The molecule has 1 atom stereocenters. The van der Waals surface area contributed by atoms with Crippen LogP contribution in [-0.2, 0) is 24.7 Å². The van der Waals surface area contributed by atoms with E-state index in [2.05, 4.69) is 6.58 Å². The van der Waals surface area contributed by atoms with Gasteiger partial charge in [0.2, 0.25) is 0 Å². The van der Waals surface area contributed by atoms with Gasteiger partial charge < -0.3 is 0 Å². The maximum Gasteiger partial charge on any atom is 0.275 e. The maximum atomic E-state index is 12.0. The minimum atomic E-state index is -4.49. The lowest BCUT2D eigenvalue weighted by Crippen LogP contribution is -2.38. The summed E-state index contributed by atoms with van der Waals surface area (Å²) >= 11 is 0. The van der Waals surface area contributed by atoms with Crippen LogP contribution < -0.4 is 0 Å². The fraction of sp³-hybridized carbons (Fsp3) is 0.750. The molecule has 20 heavy (non-hydrogen) atoms. The molecule has 0 aromatic rings. The second kappa shape index (κ2) is 6.82. The molecule has 6 nitrogen and oxygen atoms in total. The second-order valence-corrected chi connectivity index (χ2v) is 9.31. The van der Waals surface area contributed by atoms with Gasteiger partial charge in [0, 0.05) is 10.8 Å². The van der Waals surface area contributed by atoms with E-state index in [-0.39, 0.29) is 25.0 Å². The first-order valence-electron chi connectivity index (χ1n) is 6.17. The average Bonchev–Trinajstić information content (AvgIpc) is 2.25. The molecule has 1 N–H and O–H groups in total. The van der Waals surface area contributed by atoms with Crippen molar-refractivity contribution in [3.05, 3.63) is 12.0 Å². The minimum Gasteiger partial charge on any atom is -0.298 e. The van der Waals surface area contributed by atoms with Crippen LogP contribution in [0.3, 0.4) is 0 Å². The molecule has 0 aliphatic heterocycles. The number of rotatable bonds is 8. The van der Waals surface area contributed by atoms with E-state index in [1.807, 2.05) is 0 Å². The Morgan fingerprint density at radius 3 is 2.05 bits per heavy atom. The number of Topliss-reactive ketones (excluding diaryl/α,β-unsaturated/α-hetero) is 1. The Labute approximate surface area is 120 Å². The van der Waals surface area contributed by atoms with Crippen molar-refractivity contribution in [3.8, 4) is 0 Å². The molecule has 0 heterocycles. The van der Waals surface area contributed by atoms with Crippen LogP contribution >= 0.6 is 0 Å². The zero-order valence-corrected chi connectivity index (χ0v) is 13.6. The van der Waals surface area contributed by atoms with Crippen molar-refractivity contribution >= 4 is 25.7 Å². The molecular formula is C12H22O6S2. The van der Waals surface area contributed by atoms with Crippen LogP contribution in [0.25, 0.3) is 0 Å². The predicted octanol–water partition coefficient (Wildman–Crippen LogP) is 1.59. The lowest BCUT2D eigenvalue weighted by Gasteiger charge is -2.22. The van der Waals surface area contributed by atoms with Gasteiger partial charge in [-0.1, -0.05) is 33.8 Å². The van der Waals surface area contributed by atoms with Crippen molar-refractivity contribution in [1.82, 2.24) is 0 Å². The van der Waals surface area contributed by atoms with Gasteiger partial charge in [0.15, 0.2) is 15.6 Å². The zero-order valence-electron chi connectivity index (χ0n) is 12.0. The summed E-state index contributed by atoms with van der Waals surface area (Å²) in [6, 6.07) is 0. The fourth-order valence-electron chi connectivity index (χ4n) is 1.61. The van der Waals surface area contributed by atoms with E-state index in [9.17, 15) is 21.6 Å². The third-order valence-electron chi connectivity index (χ3n) is 2.79. The van der Waals surface area contributed by atoms with E-state index in [1.54, 1.807) is 20.8 Å². The Balaban J connectivity index is 4.74. The van der Waals surface area contributed by atoms with Crippen molar-refractivity contribution in [1.29, 1.82) is 0 Å². The van der Waals surface area contributed by atoms with E-state index in [0.29, 0.717) is 0 Å². The average molecular weight is 326 g/mol. The lowest BCUT2D eigenvalue weighted by molar-refractivity contribution is -0.126. The molecule has 1 unspecified atom stereocenters. The van der Waals surface area contributed by atoms with Gasteiger partial charge in [-0.2, -0.15) is 8.42 Å². The minimum absolute atomic E-state index is 0.0956. The molecule has 0 radical (unpaired) electrons. The van der Waals surface area contributed by atoms with Gasteiger partial charge in [-0.25, -0.2) is 8.42 Å². The summed E-state index contributed by atoms with van der Waals surface area (Å²) in [6.45, 7) is 7.86. The molecule has 0 amide bonds. The highest BCUT2D eigenvalue weighted by atomic mass is 32.2. The number of carbonyl (C=O) groups is 1. The van der Waals surface area contributed by atoms with Crippen LogP contribution in [0.4, 0.5) is 0 Å². The van der Waals surface area contributed by atoms with Crippen LogP contribution in [-0.4, -0.2) is 38.2 Å². The van der Waals surface area contributed by atoms with E-state index in [1.165, 1.54) is 0 Å². The van der Waals surface area contributed by atoms with Gasteiger partial charge in [0.1, 0.15) is 5.25 Å². The van der Waals surface area contributed by atoms with E-state index >= 15 is 0 Å². The Hall–Kier alpha value is -0.730. The molecule has 0 fully saturated rings. The van der Waals surface area contributed by atoms with E-state index < -0.39 is 36.4 Å². The maximum absolute atomic E-state index is 12.0. The number of carbonyl (C=O) groups excluding carboxylic acids is 1. The van der Waals surface area contributed by atoms with Gasteiger partial charge >= 0.3 is 0 Å². The molecule has 0 aliphatic rings. The monoisotopic (exact) mass is 326 g/mol. The van der Waals surface area contributed by atoms with Crippen molar-refractivity contribution in [2.45, 2.75) is 45.3 Å². The number of ketones is 1. The summed E-state index contributed by atoms with van der Waals surface area (Å²) in [4.78, 5) is 12.0. The predicted molar refractivity (Wildman–Crippen MR) is 77.6 cm³/mol. The quantitative estimate of drug-likeness (QED) is 0.536. The zero-order chi connectivity index (χ0) is 16.2. The Morgan fingerprint density at radius 1 is 1.20 bits per heavy atom. The molecular weight excluding hydrogens is 304 g/mol. The normalized spacial score (nSPS) is 14.8. The summed E-state index contributed by atoms with van der Waals surface area (Å²) in [5, 5.41) is -0.665. The first-order chi connectivity index (χ1) is 8.81. The third kappa shape index (κ3) is 6.62. The van der Waals surface area contributed by atoms with Crippen LogP contribution in [0.15, 0.2) is 12.0 Å². The standard InChI is InChI=1S/C12H22O6S2/c1-5-19(14,15)9-7-6-8-10(20(16,17)18)11(13)12(2,3)4/h5,10H,1,6-9H2,2-4H3,(H,16,17,18). The van der Waals surface area contributed by atoms with Gasteiger partial charge in [-0.3, -0.25) is 9.35 Å². The van der Waals surface area contributed by atoms with Crippen LogP contribution in [0.5, 0.6) is 0 Å². The summed E-state index contributed by atoms with van der Waals surface area (Å²) in [7, 11) is -7.82. The first-order valence-corrected chi connectivity index (χ1v) is 9.39. The SMILES string of the molecule is C=CS(=O)(=O)CCCCC(C(=O)C(C)(C)C)S(=O)(=O)O.